The van der Waals surface area contributed by atoms with Gasteiger partial charge < -0.3 is 9.47 Å². The Hall–Kier alpha value is -0.960. The van der Waals surface area contributed by atoms with Crippen molar-refractivity contribution in [2.24, 2.45) is 5.92 Å². The van der Waals surface area contributed by atoms with Crippen molar-refractivity contribution in [1.29, 1.82) is 0 Å². The first kappa shape index (κ1) is 14.4. The fraction of sp³-hybridized carbons (Fsp3) is 0.500. The van der Waals surface area contributed by atoms with Crippen LogP contribution in [0.3, 0.4) is 0 Å². The molecule has 2 nitrogen and oxygen atoms in total. The van der Waals surface area contributed by atoms with Crippen LogP contribution >= 0.6 is 15.9 Å². The molecule has 1 saturated carbocycles. The van der Waals surface area contributed by atoms with Gasteiger partial charge in [-0.3, -0.25) is 0 Å². The van der Waals surface area contributed by atoms with Crippen LogP contribution in [0.5, 0.6) is 11.5 Å². The van der Waals surface area contributed by atoms with Gasteiger partial charge in [-0.2, -0.15) is 0 Å². The van der Waals surface area contributed by atoms with E-state index in [9.17, 15) is 0 Å². The molecule has 0 radical (unpaired) electrons. The number of ether oxygens (including phenoxy) is 2. The van der Waals surface area contributed by atoms with Crippen LogP contribution in [-0.2, 0) is 0 Å². The minimum atomic E-state index is 0.547. The van der Waals surface area contributed by atoms with Crippen molar-refractivity contribution in [3.63, 3.8) is 0 Å². The number of hydrogen-bond donors (Lipinski definition) is 0. The molecule has 1 aromatic rings. The molecule has 2 rings (SSSR count). The molecule has 1 fully saturated rings. The Balaban J connectivity index is 2.40. The Bertz CT molecular complexity index is 462. The molecule has 3 heteroatoms. The summed E-state index contributed by atoms with van der Waals surface area (Å²) in [5.74, 6) is 2.22. The van der Waals surface area contributed by atoms with Crippen LogP contribution in [0.1, 0.15) is 37.7 Å². The predicted octanol–water partition coefficient (Wildman–Crippen LogP) is 5.06. The van der Waals surface area contributed by atoms with E-state index in [-0.39, 0.29) is 0 Å². The summed E-state index contributed by atoms with van der Waals surface area (Å²) in [6.45, 7) is 4.33. The predicted molar refractivity (Wildman–Crippen MR) is 82.9 cm³/mol. The Morgan fingerprint density at radius 2 is 1.84 bits per heavy atom. The van der Waals surface area contributed by atoms with E-state index in [1.807, 2.05) is 12.1 Å². The maximum Gasteiger partial charge on any atom is 0.144 e. The van der Waals surface area contributed by atoms with Gasteiger partial charge in [0.1, 0.15) is 11.5 Å². The van der Waals surface area contributed by atoms with Crippen LogP contribution in [0, 0.1) is 5.92 Å². The average Bonchev–Trinajstić information content (AvgIpc) is 2.47. The summed E-state index contributed by atoms with van der Waals surface area (Å²) >= 11 is 3.54. The number of allylic oxidation sites excluding steroid dienone is 1. The summed E-state index contributed by atoms with van der Waals surface area (Å²) in [6.07, 6.45) is 6.37. The number of hydrogen-bond acceptors (Lipinski definition) is 2. The molecule has 0 bridgehead atoms. The van der Waals surface area contributed by atoms with E-state index in [1.165, 1.54) is 32.1 Å². The van der Waals surface area contributed by atoms with E-state index < -0.39 is 0 Å². The Morgan fingerprint density at radius 1 is 1.16 bits per heavy atom. The van der Waals surface area contributed by atoms with Crippen LogP contribution in [0.2, 0.25) is 0 Å². The molecule has 0 heterocycles. The first-order chi connectivity index (χ1) is 9.19. The van der Waals surface area contributed by atoms with E-state index in [0.717, 1.165) is 27.1 Å². The highest BCUT2D eigenvalue weighted by atomic mass is 79.9. The summed E-state index contributed by atoms with van der Waals surface area (Å²) in [4.78, 5) is 0. The molecule has 1 aliphatic carbocycles. The molecule has 0 N–H and O–H groups in total. The summed E-state index contributed by atoms with van der Waals surface area (Å²) < 4.78 is 12.0. The molecule has 104 valence electrons. The summed E-state index contributed by atoms with van der Waals surface area (Å²) in [7, 11) is 3.39. The quantitative estimate of drug-likeness (QED) is 0.770. The second kappa shape index (κ2) is 6.47. The maximum absolute atomic E-state index is 5.54. The molecule has 0 aliphatic heterocycles. The van der Waals surface area contributed by atoms with Crippen molar-refractivity contribution in [3.8, 4) is 11.5 Å². The van der Waals surface area contributed by atoms with E-state index in [2.05, 4.69) is 22.5 Å². The normalized spacial score (nSPS) is 16.2. The number of rotatable bonds is 4. The molecule has 0 unspecified atom stereocenters. The van der Waals surface area contributed by atoms with Crippen molar-refractivity contribution in [2.75, 3.05) is 14.2 Å². The minimum absolute atomic E-state index is 0.547. The summed E-state index contributed by atoms with van der Waals surface area (Å²) in [5.41, 5.74) is 2.17. The van der Waals surface area contributed by atoms with Crippen LogP contribution in [-0.4, -0.2) is 14.2 Å². The van der Waals surface area contributed by atoms with E-state index in [0.29, 0.717) is 5.92 Å². The number of methoxy groups -OCH3 is 2. The highest BCUT2D eigenvalue weighted by molar-refractivity contribution is 9.10. The molecule has 0 aromatic heterocycles. The van der Waals surface area contributed by atoms with Crippen LogP contribution < -0.4 is 9.47 Å². The smallest absolute Gasteiger partial charge is 0.144 e. The molecular weight excluding hydrogens is 304 g/mol. The standard InChI is InChI=1S/C16H21BrO2/c1-11(12-7-5-4-6-8-12)15-14(18-2)10-9-13(17)16(15)19-3/h9-10,12H,1,4-8H2,2-3H3. The van der Waals surface area contributed by atoms with Crippen LogP contribution in [0.25, 0.3) is 5.57 Å². The monoisotopic (exact) mass is 324 g/mol. The Kier molecular flexibility index (Phi) is 4.92. The van der Waals surface area contributed by atoms with Crippen molar-refractivity contribution < 1.29 is 9.47 Å². The third kappa shape index (κ3) is 2.97. The molecule has 1 aromatic carbocycles. The van der Waals surface area contributed by atoms with Gasteiger partial charge in [-0.15, -0.1) is 0 Å². The lowest BCUT2D eigenvalue weighted by Crippen LogP contribution is -2.09. The van der Waals surface area contributed by atoms with Gasteiger partial charge in [0.2, 0.25) is 0 Å². The maximum atomic E-state index is 5.54. The molecular formula is C16H21BrO2. The van der Waals surface area contributed by atoms with Gasteiger partial charge in [0.05, 0.1) is 24.3 Å². The van der Waals surface area contributed by atoms with E-state index >= 15 is 0 Å². The Labute approximate surface area is 123 Å². The fourth-order valence-electron chi connectivity index (χ4n) is 2.87. The van der Waals surface area contributed by atoms with Crippen molar-refractivity contribution in [3.05, 3.63) is 28.7 Å². The fourth-order valence-corrected chi connectivity index (χ4v) is 3.36. The van der Waals surface area contributed by atoms with Gasteiger partial charge in [0.15, 0.2) is 0 Å². The third-order valence-corrected chi connectivity index (χ3v) is 4.54. The van der Waals surface area contributed by atoms with Crippen LogP contribution in [0.15, 0.2) is 23.2 Å². The second-order valence-corrected chi connectivity index (χ2v) is 5.87. The lowest BCUT2D eigenvalue weighted by atomic mass is 9.81. The molecule has 0 saturated heterocycles. The third-order valence-electron chi connectivity index (χ3n) is 3.91. The van der Waals surface area contributed by atoms with Gasteiger partial charge in [0, 0.05) is 0 Å². The average molecular weight is 325 g/mol. The van der Waals surface area contributed by atoms with Crippen LogP contribution in [0.4, 0.5) is 0 Å². The first-order valence-corrected chi connectivity index (χ1v) is 7.58. The SMILES string of the molecule is C=C(c1c(OC)ccc(Br)c1OC)C1CCCCC1. The van der Waals surface area contributed by atoms with Crippen molar-refractivity contribution in [2.45, 2.75) is 32.1 Å². The van der Waals surface area contributed by atoms with Gasteiger partial charge in [-0.1, -0.05) is 25.8 Å². The summed E-state index contributed by atoms with van der Waals surface area (Å²) in [6, 6.07) is 3.92. The van der Waals surface area contributed by atoms with Crippen molar-refractivity contribution in [1.82, 2.24) is 0 Å². The lowest BCUT2D eigenvalue weighted by molar-refractivity contribution is 0.384. The molecule has 19 heavy (non-hydrogen) atoms. The number of benzene rings is 1. The highest BCUT2D eigenvalue weighted by Gasteiger charge is 2.24. The Morgan fingerprint density at radius 3 is 2.42 bits per heavy atom. The van der Waals surface area contributed by atoms with E-state index in [1.54, 1.807) is 14.2 Å². The van der Waals surface area contributed by atoms with Gasteiger partial charge in [-0.05, 0) is 52.4 Å². The van der Waals surface area contributed by atoms with E-state index in [4.69, 9.17) is 9.47 Å². The zero-order valence-corrected chi connectivity index (χ0v) is 13.3. The molecule has 0 atom stereocenters. The summed E-state index contributed by atoms with van der Waals surface area (Å²) in [5, 5.41) is 0. The zero-order chi connectivity index (χ0) is 13.8. The zero-order valence-electron chi connectivity index (χ0n) is 11.7. The highest BCUT2D eigenvalue weighted by Crippen LogP contribution is 2.44. The van der Waals surface area contributed by atoms with Gasteiger partial charge >= 0.3 is 0 Å². The second-order valence-electron chi connectivity index (χ2n) is 5.02. The van der Waals surface area contributed by atoms with Gasteiger partial charge in [0.25, 0.3) is 0 Å². The minimum Gasteiger partial charge on any atom is -0.496 e. The molecule has 0 spiro atoms. The number of halogens is 1. The first-order valence-electron chi connectivity index (χ1n) is 6.78. The lowest BCUT2D eigenvalue weighted by Gasteiger charge is -2.26. The molecule has 0 amide bonds. The molecule has 1 aliphatic rings. The van der Waals surface area contributed by atoms with Crippen molar-refractivity contribution >= 4 is 21.5 Å². The van der Waals surface area contributed by atoms with Gasteiger partial charge in [-0.25, -0.2) is 0 Å². The largest absolute Gasteiger partial charge is 0.496 e. The topological polar surface area (TPSA) is 18.5 Å².